The van der Waals surface area contributed by atoms with Crippen LogP contribution in [0.3, 0.4) is 0 Å². The fourth-order valence-corrected chi connectivity index (χ4v) is 20.2. The van der Waals surface area contributed by atoms with Crippen molar-refractivity contribution in [1.82, 2.24) is 9.13 Å². The molecule has 0 amide bonds. The number of fused-ring (bicyclic) bond motifs is 12. The van der Waals surface area contributed by atoms with E-state index < -0.39 is 0 Å². The highest BCUT2D eigenvalue weighted by atomic mass is 15.2. The number of para-hydroxylation sites is 2. The largest absolute Gasteiger partial charge is 0.310 e. The number of benzene rings is 18. The molecular formula is C114H93BN4. The second-order valence-corrected chi connectivity index (χ2v) is 37.6. The van der Waals surface area contributed by atoms with Crippen LogP contribution in [0.1, 0.15) is 105 Å². The standard InChI is InChI=1S/C114H93BN4/c1-111(2,3)76-51-58-100-94(61-76)95-62-77(112(4,5)6)52-59-101(95)116(100)80-53-57-97-103(67-80)119(110-92(72-36-21-15-22-37-72)65-79(114(10,11)12)66-93(110)73-38-23-16-24-39-73)105-69-81(117-98-48-27-25-42-83(98)84-43-26-28-49-99(84)117)68-104-108(105)115(97)96-56-50-75(82-54-55-89-87-45-30-41-74-40-29-44-86(106(74)87)88-47-31-46-85(82)107(88)89)60-102(96)118(104)109-90(70-32-17-13-18-33-70)63-78(113(7,8)9)64-91(109)71-34-19-14-20-35-71/h13-69H,1-12H3. The van der Waals surface area contributed by atoms with Crippen molar-refractivity contribution in [2.45, 2.75) is 105 Å². The first-order valence-corrected chi connectivity index (χ1v) is 42.4. The third-order valence-electron chi connectivity index (χ3n) is 26.2. The molecule has 0 N–H and O–H groups in total. The zero-order chi connectivity index (χ0) is 80.9. The Balaban J connectivity index is 0.940. The first-order chi connectivity index (χ1) is 57.6. The third-order valence-corrected chi connectivity index (χ3v) is 26.2. The van der Waals surface area contributed by atoms with E-state index in [2.05, 4.69) is 448 Å². The lowest BCUT2D eigenvalue weighted by atomic mass is 9.33. The molecule has 5 heteroatoms. The van der Waals surface area contributed by atoms with Gasteiger partial charge in [-0.1, -0.05) is 338 Å². The summed E-state index contributed by atoms with van der Waals surface area (Å²) in [6.07, 6.45) is 0. The van der Waals surface area contributed by atoms with E-state index in [0.717, 1.165) is 107 Å². The summed E-state index contributed by atoms with van der Waals surface area (Å²) in [6, 6.07) is 134. The molecule has 4 nitrogen and oxygen atoms in total. The lowest BCUT2D eigenvalue weighted by Crippen LogP contribution is -2.61. The number of anilines is 6. The van der Waals surface area contributed by atoms with Gasteiger partial charge >= 0.3 is 0 Å². The Labute approximate surface area is 697 Å². The van der Waals surface area contributed by atoms with Crippen LogP contribution in [-0.2, 0) is 21.7 Å². The average molecular weight is 1530 g/mol. The maximum atomic E-state index is 2.76. The molecule has 0 spiro atoms. The maximum absolute atomic E-state index is 2.76. The molecule has 0 saturated carbocycles. The van der Waals surface area contributed by atoms with Crippen molar-refractivity contribution >= 4 is 144 Å². The zero-order valence-electron chi connectivity index (χ0n) is 69.8. The quantitative estimate of drug-likeness (QED) is 0.0813. The van der Waals surface area contributed by atoms with Crippen LogP contribution in [0.15, 0.2) is 346 Å². The lowest BCUT2D eigenvalue weighted by Gasteiger charge is -2.46. The smallest absolute Gasteiger partial charge is 0.252 e. The Kier molecular flexibility index (Phi) is 16.1. The summed E-state index contributed by atoms with van der Waals surface area (Å²) in [7, 11) is 0. The normalized spacial score (nSPS) is 13.2. The zero-order valence-corrected chi connectivity index (χ0v) is 69.8. The Morgan fingerprint density at radius 2 is 0.580 bits per heavy atom. The topological polar surface area (TPSA) is 16.3 Å². The molecule has 20 aromatic rings. The Morgan fingerprint density at radius 3 is 1.03 bits per heavy atom. The molecule has 2 aliphatic heterocycles. The Morgan fingerprint density at radius 1 is 0.218 bits per heavy atom. The molecule has 2 aromatic heterocycles. The molecule has 22 rings (SSSR count). The van der Waals surface area contributed by atoms with E-state index >= 15 is 0 Å². The van der Waals surface area contributed by atoms with Gasteiger partial charge in [0.2, 0.25) is 0 Å². The molecule has 2 aliphatic rings. The number of hydrogen-bond donors (Lipinski definition) is 0. The number of aromatic nitrogens is 2. The van der Waals surface area contributed by atoms with Gasteiger partial charge in [-0.2, -0.15) is 0 Å². The molecule has 4 heterocycles. The third kappa shape index (κ3) is 11.3. The second kappa shape index (κ2) is 26.5. The molecule has 0 unspecified atom stereocenters. The van der Waals surface area contributed by atoms with E-state index in [-0.39, 0.29) is 28.4 Å². The summed E-state index contributed by atoms with van der Waals surface area (Å²) in [6.45, 7) is 28.0. The molecule has 0 bridgehead atoms. The molecular weight excluding hydrogens is 1440 g/mol. The predicted molar refractivity (Wildman–Crippen MR) is 512 cm³/mol. The summed E-state index contributed by atoms with van der Waals surface area (Å²) < 4.78 is 5.15. The van der Waals surface area contributed by atoms with Crippen molar-refractivity contribution in [2.24, 2.45) is 0 Å². The summed E-state index contributed by atoms with van der Waals surface area (Å²) in [5.74, 6) is 0. The first-order valence-electron chi connectivity index (χ1n) is 42.4. The summed E-state index contributed by atoms with van der Waals surface area (Å²) in [4.78, 5) is 5.52. The molecule has 0 atom stereocenters. The molecule has 0 saturated heterocycles. The van der Waals surface area contributed by atoms with Crippen molar-refractivity contribution < 1.29 is 0 Å². The van der Waals surface area contributed by atoms with Gasteiger partial charge in [0.05, 0.1) is 39.1 Å². The van der Waals surface area contributed by atoms with E-state index in [4.69, 9.17) is 0 Å². The molecule has 0 radical (unpaired) electrons. The molecule has 18 aromatic carbocycles. The van der Waals surface area contributed by atoms with Crippen molar-refractivity contribution in [3.8, 4) is 67.0 Å². The van der Waals surface area contributed by atoms with Crippen LogP contribution < -0.4 is 26.2 Å². The first kappa shape index (κ1) is 72.0. The highest BCUT2D eigenvalue weighted by Crippen LogP contribution is 2.57. The second-order valence-electron chi connectivity index (χ2n) is 37.6. The minimum absolute atomic E-state index is 0.0808. The van der Waals surface area contributed by atoms with Gasteiger partial charge in [0.25, 0.3) is 6.71 Å². The van der Waals surface area contributed by atoms with Gasteiger partial charge < -0.3 is 18.9 Å². The van der Waals surface area contributed by atoms with Crippen molar-refractivity contribution in [1.29, 1.82) is 0 Å². The lowest BCUT2D eigenvalue weighted by molar-refractivity contribution is 0.590. The van der Waals surface area contributed by atoms with Gasteiger partial charge in [-0.25, -0.2) is 0 Å². The van der Waals surface area contributed by atoms with Crippen LogP contribution in [0, 0.1) is 0 Å². The monoisotopic (exact) mass is 1530 g/mol. The van der Waals surface area contributed by atoms with E-state index in [1.165, 1.54) is 120 Å². The van der Waals surface area contributed by atoms with Crippen LogP contribution in [0.4, 0.5) is 34.1 Å². The minimum Gasteiger partial charge on any atom is -0.310 e. The number of hydrogen-bond acceptors (Lipinski definition) is 2. The fourth-order valence-electron chi connectivity index (χ4n) is 20.2. The molecule has 0 fully saturated rings. The van der Waals surface area contributed by atoms with Gasteiger partial charge in [-0.05, 0) is 228 Å². The Bertz CT molecular complexity index is 7270. The van der Waals surface area contributed by atoms with Crippen LogP contribution >= 0.6 is 0 Å². The van der Waals surface area contributed by atoms with Crippen LogP contribution in [0.5, 0.6) is 0 Å². The number of rotatable bonds is 9. The van der Waals surface area contributed by atoms with Gasteiger partial charge in [-0.15, -0.1) is 0 Å². The summed E-state index contributed by atoms with van der Waals surface area (Å²) >= 11 is 0. The van der Waals surface area contributed by atoms with Crippen LogP contribution in [0.25, 0.3) is 154 Å². The van der Waals surface area contributed by atoms with Gasteiger partial charge in [-0.3, -0.25) is 0 Å². The Hall–Kier alpha value is -13.5. The molecule has 119 heavy (non-hydrogen) atoms. The fraction of sp³-hybridized carbons (Fsp3) is 0.140. The van der Waals surface area contributed by atoms with Gasteiger partial charge in [0.15, 0.2) is 0 Å². The highest BCUT2D eigenvalue weighted by Gasteiger charge is 2.47. The van der Waals surface area contributed by atoms with E-state index in [9.17, 15) is 0 Å². The maximum Gasteiger partial charge on any atom is 0.252 e. The minimum atomic E-state index is -0.314. The van der Waals surface area contributed by atoms with Crippen molar-refractivity contribution in [3.05, 3.63) is 368 Å². The highest BCUT2D eigenvalue weighted by molar-refractivity contribution is 7.00. The number of nitrogens with zero attached hydrogens (tertiary/aromatic N) is 4. The van der Waals surface area contributed by atoms with E-state index in [0.29, 0.717) is 0 Å². The van der Waals surface area contributed by atoms with Crippen molar-refractivity contribution in [2.75, 3.05) is 9.80 Å². The SMILES string of the molecule is CC(C)(C)c1cc(-c2ccccc2)c(N2c3cc(-c4ccc5c6cccc7cccc(c8cccc4c85)c76)ccc3B3c4ccc(-n5c6ccc(C(C)(C)C)cc6c6cc(C(C)(C)C)ccc65)cc4N(c4c(-c5ccccc5)cc(C(C)(C)C)cc4-c4ccccc4)c4cc(-n5c6ccccc6c6ccccc65)cc2c43)c(-c2ccccc2)c1. The van der Waals surface area contributed by atoms with Gasteiger partial charge in [0, 0.05) is 72.2 Å². The predicted octanol–water partition coefficient (Wildman–Crippen LogP) is 29.5. The van der Waals surface area contributed by atoms with E-state index in [1.807, 2.05) is 0 Å². The molecule has 0 aliphatic carbocycles. The summed E-state index contributed by atoms with van der Waals surface area (Å²) in [5.41, 5.74) is 33.1. The van der Waals surface area contributed by atoms with E-state index in [1.54, 1.807) is 0 Å². The average Bonchev–Trinajstić information content (AvgIpc) is 1.64. The summed E-state index contributed by atoms with van der Waals surface area (Å²) in [5, 5.41) is 15.1. The van der Waals surface area contributed by atoms with Gasteiger partial charge in [0.1, 0.15) is 0 Å². The molecule has 572 valence electrons. The van der Waals surface area contributed by atoms with Crippen LogP contribution in [-0.4, -0.2) is 15.8 Å². The van der Waals surface area contributed by atoms with Crippen LogP contribution in [0.2, 0.25) is 0 Å². The van der Waals surface area contributed by atoms with Crippen molar-refractivity contribution in [3.63, 3.8) is 0 Å².